The lowest BCUT2D eigenvalue weighted by molar-refractivity contribution is -0.140. The van der Waals surface area contributed by atoms with Crippen LogP contribution >= 0.6 is 0 Å². The van der Waals surface area contributed by atoms with E-state index in [1.165, 1.54) is 12.8 Å². The predicted octanol–water partition coefficient (Wildman–Crippen LogP) is 2.04. The van der Waals surface area contributed by atoms with Crippen LogP contribution in [0.4, 0.5) is 0 Å². The zero-order valence-electron chi connectivity index (χ0n) is 15.3. The van der Waals surface area contributed by atoms with Crippen molar-refractivity contribution in [3.63, 3.8) is 0 Å². The van der Waals surface area contributed by atoms with E-state index in [-0.39, 0.29) is 24.5 Å². The van der Waals surface area contributed by atoms with Crippen molar-refractivity contribution >= 4 is 11.9 Å². The molecule has 1 amide bonds. The lowest BCUT2D eigenvalue weighted by atomic mass is 9.85. The number of carboxylic acids is 1. The molecule has 1 aromatic rings. The van der Waals surface area contributed by atoms with Crippen molar-refractivity contribution in [1.82, 2.24) is 10.2 Å². The third-order valence-corrected chi connectivity index (χ3v) is 5.22. The molecule has 0 radical (unpaired) electrons. The van der Waals surface area contributed by atoms with E-state index < -0.39 is 12.1 Å². The minimum atomic E-state index is -0.777. The van der Waals surface area contributed by atoms with Crippen molar-refractivity contribution in [1.29, 1.82) is 0 Å². The van der Waals surface area contributed by atoms with Crippen LogP contribution in [0.1, 0.15) is 38.2 Å². The first-order valence-corrected chi connectivity index (χ1v) is 9.43. The maximum absolute atomic E-state index is 12.3. The number of hydrogen-bond donors (Lipinski definition) is 2. The number of hydrogen-bond acceptors (Lipinski definition) is 4. The van der Waals surface area contributed by atoms with Gasteiger partial charge in [0.15, 0.2) is 0 Å². The fourth-order valence-corrected chi connectivity index (χ4v) is 3.34. The van der Waals surface area contributed by atoms with Crippen LogP contribution in [0.3, 0.4) is 0 Å². The molecule has 2 aliphatic carbocycles. The lowest BCUT2D eigenvalue weighted by Crippen LogP contribution is -2.56. The first-order valence-electron chi connectivity index (χ1n) is 9.43. The van der Waals surface area contributed by atoms with Gasteiger partial charge in [0.2, 0.25) is 5.91 Å². The van der Waals surface area contributed by atoms with Crippen LogP contribution in [0.5, 0.6) is 0 Å². The van der Waals surface area contributed by atoms with Gasteiger partial charge < -0.3 is 15.2 Å². The van der Waals surface area contributed by atoms with Gasteiger partial charge >= 0.3 is 5.97 Å². The van der Waals surface area contributed by atoms with Gasteiger partial charge in [0.25, 0.3) is 0 Å². The second-order valence-corrected chi connectivity index (χ2v) is 7.54. The summed E-state index contributed by atoms with van der Waals surface area (Å²) in [5.41, 5.74) is 1.04. The second-order valence-electron chi connectivity index (χ2n) is 7.54. The monoisotopic (exact) mass is 360 g/mol. The van der Waals surface area contributed by atoms with Gasteiger partial charge in [0, 0.05) is 18.6 Å². The predicted molar refractivity (Wildman–Crippen MR) is 97.6 cm³/mol. The summed E-state index contributed by atoms with van der Waals surface area (Å²) in [5, 5.41) is 12.1. The van der Waals surface area contributed by atoms with Crippen LogP contribution in [0.25, 0.3) is 0 Å². The number of benzene rings is 1. The molecule has 0 aromatic heterocycles. The smallest absolute Gasteiger partial charge is 0.317 e. The molecule has 0 saturated heterocycles. The van der Waals surface area contributed by atoms with Crippen LogP contribution in [0, 0.1) is 5.92 Å². The molecule has 0 bridgehead atoms. The zero-order chi connectivity index (χ0) is 18.5. The molecule has 0 aliphatic heterocycles. The van der Waals surface area contributed by atoms with Crippen LogP contribution in [-0.4, -0.2) is 53.2 Å². The normalized spacial score (nSPS) is 23.3. The molecular weight excluding hydrogens is 332 g/mol. The highest BCUT2D eigenvalue weighted by molar-refractivity contribution is 5.80. The molecule has 0 heterocycles. The maximum Gasteiger partial charge on any atom is 0.317 e. The number of carbonyl (C=O) groups excluding carboxylic acids is 1. The molecule has 2 fully saturated rings. The Kier molecular flexibility index (Phi) is 6.27. The van der Waals surface area contributed by atoms with E-state index >= 15 is 0 Å². The van der Waals surface area contributed by atoms with Crippen molar-refractivity contribution < 1.29 is 19.4 Å². The van der Waals surface area contributed by atoms with E-state index in [0.29, 0.717) is 12.5 Å². The summed E-state index contributed by atoms with van der Waals surface area (Å²) in [4.78, 5) is 25.4. The molecule has 1 atom stereocenters. The second kappa shape index (κ2) is 8.64. The van der Waals surface area contributed by atoms with E-state index in [1.54, 1.807) is 6.92 Å². The van der Waals surface area contributed by atoms with Crippen LogP contribution in [0.2, 0.25) is 0 Å². The Labute approximate surface area is 154 Å². The molecule has 2 aliphatic rings. The molecule has 2 saturated carbocycles. The Morgan fingerprint density at radius 3 is 2.58 bits per heavy atom. The van der Waals surface area contributed by atoms with Crippen molar-refractivity contribution in [2.45, 2.75) is 57.4 Å². The highest BCUT2D eigenvalue weighted by Gasteiger charge is 2.38. The van der Waals surface area contributed by atoms with Crippen LogP contribution in [-0.2, 0) is 20.9 Å². The number of carboxylic acid groups (broad SMARTS) is 1. The fourth-order valence-electron chi connectivity index (χ4n) is 3.34. The molecule has 3 rings (SSSR count). The molecular formula is C20H28N2O4. The van der Waals surface area contributed by atoms with Crippen molar-refractivity contribution in [3.05, 3.63) is 35.9 Å². The van der Waals surface area contributed by atoms with Crippen molar-refractivity contribution in [2.24, 2.45) is 5.92 Å². The van der Waals surface area contributed by atoms with Crippen LogP contribution in [0.15, 0.2) is 30.3 Å². The Balaban J connectivity index is 1.38. The Hall–Kier alpha value is -1.92. The van der Waals surface area contributed by atoms with Crippen LogP contribution < -0.4 is 5.32 Å². The maximum atomic E-state index is 12.3. The fraction of sp³-hybridized carbons (Fsp3) is 0.600. The number of nitrogens with one attached hydrogen (secondary N) is 1. The molecule has 1 aromatic carbocycles. The molecule has 6 heteroatoms. The summed E-state index contributed by atoms with van der Waals surface area (Å²) in [6.45, 7) is 3.14. The molecule has 6 nitrogen and oxygen atoms in total. The third-order valence-electron chi connectivity index (χ3n) is 5.22. The first kappa shape index (κ1) is 18.9. The van der Waals surface area contributed by atoms with Gasteiger partial charge in [-0.25, -0.2) is 0 Å². The Bertz CT molecular complexity index is 611. The quantitative estimate of drug-likeness (QED) is 0.667. The zero-order valence-corrected chi connectivity index (χ0v) is 15.3. The molecule has 26 heavy (non-hydrogen) atoms. The summed E-state index contributed by atoms with van der Waals surface area (Å²) >= 11 is 0. The summed E-state index contributed by atoms with van der Waals surface area (Å²) in [6, 6.07) is 10.2. The van der Waals surface area contributed by atoms with E-state index in [2.05, 4.69) is 10.2 Å². The van der Waals surface area contributed by atoms with Gasteiger partial charge in [0.1, 0.15) is 6.10 Å². The average Bonchev–Trinajstić information content (AvgIpc) is 3.39. The topological polar surface area (TPSA) is 78.9 Å². The minimum absolute atomic E-state index is 0.0957. The number of nitrogens with zero attached hydrogens (tertiary/aromatic N) is 1. The van der Waals surface area contributed by atoms with E-state index in [1.807, 2.05) is 30.3 Å². The SMILES string of the molecule is CC(OCc1ccccc1)C(=O)NC1CC(N(CC(=O)O)CC2CC2)C1. The minimum Gasteiger partial charge on any atom is -0.480 e. The van der Waals surface area contributed by atoms with Gasteiger partial charge in [0.05, 0.1) is 13.2 Å². The summed E-state index contributed by atoms with van der Waals surface area (Å²) in [5.74, 6) is -0.216. The molecule has 142 valence electrons. The number of carbonyl (C=O) groups is 2. The Morgan fingerprint density at radius 2 is 1.96 bits per heavy atom. The number of aliphatic carboxylic acids is 1. The van der Waals surface area contributed by atoms with Gasteiger partial charge in [-0.2, -0.15) is 0 Å². The Morgan fingerprint density at radius 1 is 1.27 bits per heavy atom. The van der Waals surface area contributed by atoms with Crippen molar-refractivity contribution in [3.8, 4) is 0 Å². The van der Waals surface area contributed by atoms with Gasteiger partial charge in [-0.05, 0) is 44.1 Å². The number of amides is 1. The number of rotatable bonds is 10. The average molecular weight is 360 g/mol. The summed E-state index contributed by atoms with van der Waals surface area (Å²) < 4.78 is 5.65. The highest BCUT2D eigenvalue weighted by atomic mass is 16.5. The standard InChI is InChI=1S/C20H28N2O4/c1-14(26-13-16-5-3-2-4-6-16)20(25)21-17-9-18(10-17)22(12-19(23)24)11-15-7-8-15/h2-6,14-15,17-18H,7-13H2,1H3,(H,21,25)(H,23,24). The number of ether oxygens (including phenoxy) is 1. The van der Waals surface area contributed by atoms with E-state index in [0.717, 1.165) is 24.9 Å². The molecule has 1 unspecified atom stereocenters. The summed E-state index contributed by atoms with van der Waals surface area (Å²) in [7, 11) is 0. The van der Waals surface area contributed by atoms with Gasteiger partial charge in [-0.3, -0.25) is 14.5 Å². The van der Waals surface area contributed by atoms with Gasteiger partial charge in [-0.15, -0.1) is 0 Å². The lowest BCUT2D eigenvalue weighted by Gasteiger charge is -2.43. The first-order chi connectivity index (χ1) is 12.5. The van der Waals surface area contributed by atoms with E-state index in [9.17, 15) is 9.59 Å². The third kappa shape index (κ3) is 5.54. The summed E-state index contributed by atoms with van der Waals surface area (Å²) in [6.07, 6.45) is 3.54. The van der Waals surface area contributed by atoms with Gasteiger partial charge in [-0.1, -0.05) is 30.3 Å². The highest BCUT2D eigenvalue weighted by Crippen LogP contribution is 2.33. The molecule has 2 N–H and O–H groups in total. The van der Waals surface area contributed by atoms with E-state index in [4.69, 9.17) is 9.84 Å². The van der Waals surface area contributed by atoms with Crippen molar-refractivity contribution in [2.75, 3.05) is 13.1 Å². The molecule has 0 spiro atoms. The largest absolute Gasteiger partial charge is 0.480 e.